The topological polar surface area (TPSA) is 77.7 Å². The number of likely N-dealkylation sites (N-methyl/N-ethyl adjacent to an activating group) is 1. The van der Waals surface area contributed by atoms with Gasteiger partial charge >= 0.3 is 6.03 Å². The van der Waals surface area contributed by atoms with Gasteiger partial charge in [0, 0.05) is 35.1 Å². The minimum absolute atomic E-state index is 0.0487. The van der Waals surface area contributed by atoms with Crippen molar-refractivity contribution in [2.45, 2.75) is 77.4 Å². The molecule has 7 nitrogen and oxygen atoms in total. The van der Waals surface area contributed by atoms with E-state index >= 15 is 0 Å². The van der Waals surface area contributed by atoms with Crippen molar-refractivity contribution in [1.82, 2.24) is 20.1 Å². The van der Waals surface area contributed by atoms with E-state index in [1.54, 1.807) is 0 Å². The lowest BCUT2D eigenvalue weighted by molar-refractivity contribution is 0.159. The summed E-state index contributed by atoms with van der Waals surface area (Å²) in [6.45, 7) is 7.73. The van der Waals surface area contributed by atoms with E-state index in [0.717, 1.165) is 55.4 Å². The highest BCUT2D eigenvalue weighted by molar-refractivity contribution is 5.81. The normalized spacial score (nSPS) is 19.6. The van der Waals surface area contributed by atoms with Crippen LogP contribution in [0.2, 0.25) is 0 Å². The van der Waals surface area contributed by atoms with Crippen molar-refractivity contribution in [1.29, 1.82) is 0 Å². The van der Waals surface area contributed by atoms with E-state index in [2.05, 4.69) is 22.1 Å². The van der Waals surface area contributed by atoms with E-state index in [9.17, 15) is 9.59 Å². The van der Waals surface area contributed by atoms with Crippen LogP contribution in [-0.4, -0.2) is 59.1 Å². The maximum absolute atomic E-state index is 13.4. The second-order valence-corrected chi connectivity index (χ2v) is 9.40. The Morgan fingerprint density at radius 3 is 2.73 bits per heavy atom. The third kappa shape index (κ3) is 5.88. The largest absolute Gasteiger partial charge is 0.494 e. The maximum Gasteiger partial charge on any atom is 0.317 e. The monoisotopic (exact) mass is 454 g/mol. The number of H-pyrrole nitrogens is 1. The Morgan fingerprint density at radius 2 is 1.97 bits per heavy atom. The molecule has 1 unspecified atom stereocenters. The minimum Gasteiger partial charge on any atom is -0.494 e. The van der Waals surface area contributed by atoms with Gasteiger partial charge in [0.2, 0.25) is 0 Å². The molecule has 33 heavy (non-hydrogen) atoms. The standard InChI is InChI=1S/C26H38N4O3/c1-3-29-14-8-11-22(29)18-30(26(32)27-21-9-6-5-7-10-21)17-20-15-19-16-23(33-4-2)12-13-24(19)28-25(20)31/h12-13,15-16,21-22H,3-11,14,17-18H2,1-2H3,(H,27,32)(H,28,31). The first-order valence-electron chi connectivity index (χ1n) is 12.7. The highest BCUT2D eigenvalue weighted by atomic mass is 16.5. The summed E-state index contributed by atoms with van der Waals surface area (Å²) in [5, 5.41) is 4.18. The van der Waals surface area contributed by atoms with Crippen molar-refractivity contribution in [2.24, 2.45) is 0 Å². The van der Waals surface area contributed by atoms with Crippen molar-refractivity contribution in [2.75, 3.05) is 26.2 Å². The zero-order chi connectivity index (χ0) is 23.2. The van der Waals surface area contributed by atoms with E-state index in [4.69, 9.17) is 4.74 Å². The fourth-order valence-corrected chi connectivity index (χ4v) is 5.31. The fraction of sp³-hybridized carbons (Fsp3) is 0.615. The molecular formula is C26H38N4O3. The number of benzene rings is 1. The molecule has 1 saturated carbocycles. The lowest BCUT2D eigenvalue weighted by atomic mass is 9.96. The summed E-state index contributed by atoms with van der Waals surface area (Å²) < 4.78 is 5.63. The molecule has 1 aromatic heterocycles. The Balaban J connectivity index is 1.57. The summed E-state index contributed by atoms with van der Waals surface area (Å²) in [5.41, 5.74) is 1.25. The molecule has 1 aromatic carbocycles. The molecule has 7 heteroatoms. The van der Waals surface area contributed by atoms with Gasteiger partial charge in [-0.05, 0) is 70.0 Å². The van der Waals surface area contributed by atoms with Crippen LogP contribution in [0.3, 0.4) is 0 Å². The number of urea groups is 1. The van der Waals surface area contributed by atoms with Gasteiger partial charge in [-0.1, -0.05) is 26.2 Å². The number of amides is 2. The number of ether oxygens (including phenoxy) is 1. The molecule has 0 spiro atoms. The molecule has 2 aliphatic rings. The van der Waals surface area contributed by atoms with E-state index < -0.39 is 0 Å². The summed E-state index contributed by atoms with van der Waals surface area (Å²) in [6.07, 6.45) is 7.93. The average Bonchev–Trinajstić information content (AvgIpc) is 3.27. The van der Waals surface area contributed by atoms with Crippen LogP contribution in [0.1, 0.15) is 64.4 Å². The predicted molar refractivity (Wildman–Crippen MR) is 132 cm³/mol. The number of hydrogen-bond donors (Lipinski definition) is 2. The van der Waals surface area contributed by atoms with E-state index in [-0.39, 0.29) is 17.6 Å². The van der Waals surface area contributed by atoms with E-state index in [1.807, 2.05) is 36.1 Å². The molecule has 2 N–H and O–H groups in total. The summed E-state index contributed by atoms with van der Waals surface area (Å²) in [5.74, 6) is 0.777. The summed E-state index contributed by atoms with van der Waals surface area (Å²) >= 11 is 0. The molecule has 2 heterocycles. The first kappa shape index (κ1) is 23.6. The maximum atomic E-state index is 13.4. The van der Waals surface area contributed by atoms with Crippen molar-refractivity contribution in [3.05, 3.63) is 40.2 Å². The van der Waals surface area contributed by atoms with Gasteiger partial charge in [-0.3, -0.25) is 9.69 Å². The summed E-state index contributed by atoms with van der Waals surface area (Å²) in [6, 6.07) is 8.12. The average molecular weight is 455 g/mol. The van der Waals surface area contributed by atoms with Gasteiger partial charge in [-0.2, -0.15) is 0 Å². The van der Waals surface area contributed by atoms with Gasteiger partial charge in [0.15, 0.2) is 0 Å². The quantitative estimate of drug-likeness (QED) is 0.625. The van der Waals surface area contributed by atoms with Crippen molar-refractivity contribution in [3.8, 4) is 5.75 Å². The summed E-state index contributed by atoms with van der Waals surface area (Å²) in [7, 11) is 0. The smallest absolute Gasteiger partial charge is 0.317 e. The number of nitrogens with one attached hydrogen (secondary N) is 2. The molecule has 1 aliphatic heterocycles. The highest BCUT2D eigenvalue weighted by Crippen LogP contribution is 2.22. The van der Waals surface area contributed by atoms with Crippen molar-refractivity contribution >= 4 is 16.9 Å². The number of rotatable bonds is 8. The lowest BCUT2D eigenvalue weighted by Gasteiger charge is -2.32. The first-order chi connectivity index (χ1) is 16.1. The number of carbonyl (C=O) groups is 1. The molecule has 0 radical (unpaired) electrons. The number of aromatic nitrogens is 1. The molecule has 180 valence electrons. The van der Waals surface area contributed by atoms with Gasteiger partial charge in [0.1, 0.15) is 5.75 Å². The third-order valence-corrected chi connectivity index (χ3v) is 7.12. The van der Waals surface area contributed by atoms with Gasteiger partial charge in [-0.15, -0.1) is 0 Å². The molecule has 1 atom stereocenters. The number of carbonyl (C=O) groups excluding carboxylic acids is 1. The zero-order valence-corrected chi connectivity index (χ0v) is 20.1. The fourth-order valence-electron chi connectivity index (χ4n) is 5.31. The van der Waals surface area contributed by atoms with E-state index in [0.29, 0.717) is 31.3 Å². The van der Waals surface area contributed by atoms with Gasteiger partial charge in [-0.25, -0.2) is 4.79 Å². The van der Waals surface area contributed by atoms with Crippen LogP contribution >= 0.6 is 0 Å². The second-order valence-electron chi connectivity index (χ2n) is 9.40. The molecule has 4 rings (SSSR count). The number of fused-ring (bicyclic) bond motifs is 1. The number of aromatic amines is 1. The van der Waals surface area contributed by atoms with Crippen LogP contribution < -0.4 is 15.6 Å². The third-order valence-electron chi connectivity index (χ3n) is 7.12. The first-order valence-corrected chi connectivity index (χ1v) is 12.7. The number of hydrogen-bond acceptors (Lipinski definition) is 4. The minimum atomic E-state index is -0.138. The molecule has 2 aromatic rings. The Kier molecular flexibility index (Phi) is 7.91. The Hall–Kier alpha value is -2.54. The zero-order valence-electron chi connectivity index (χ0n) is 20.1. The van der Waals surface area contributed by atoms with Crippen molar-refractivity contribution < 1.29 is 9.53 Å². The van der Waals surface area contributed by atoms with Crippen molar-refractivity contribution in [3.63, 3.8) is 0 Å². The molecular weight excluding hydrogens is 416 g/mol. The Bertz CT molecular complexity index is 999. The van der Waals surface area contributed by atoms with Crippen LogP contribution in [0.5, 0.6) is 5.75 Å². The number of pyridine rings is 1. The molecule has 2 amide bonds. The van der Waals surface area contributed by atoms with Gasteiger partial charge < -0.3 is 19.9 Å². The Morgan fingerprint density at radius 1 is 1.15 bits per heavy atom. The summed E-state index contributed by atoms with van der Waals surface area (Å²) in [4.78, 5) is 33.6. The van der Waals surface area contributed by atoms with E-state index in [1.165, 1.54) is 19.3 Å². The molecule has 0 bridgehead atoms. The lowest BCUT2D eigenvalue weighted by Crippen LogP contribution is -2.50. The highest BCUT2D eigenvalue weighted by Gasteiger charge is 2.29. The molecule has 1 saturated heterocycles. The molecule has 1 aliphatic carbocycles. The van der Waals surface area contributed by atoms with Crippen LogP contribution in [0.25, 0.3) is 10.9 Å². The van der Waals surface area contributed by atoms with Crippen LogP contribution in [0.4, 0.5) is 4.79 Å². The molecule has 2 fully saturated rings. The predicted octanol–water partition coefficient (Wildman–Crippen LogP) is 4.26. The van der Waals surface area contributed by atoms with Crippen LogP contribution in [0, 0.1) is 0 Å². The van der Waals surface area contributed by atoms with Gasteiger partial charge in [0.25, 0.3) is 5.56 Å². The SMILES string of the molecule is CCOc1ccc2[nH]c(=O)c(CN(CC3CCCN3CC)C(=O)NC3CCCCC3)cc2c1. The number of likely N-dealkylation sites (tertiary alicyclic amines) is 1. The van der Waals surface area contributed by atoms with Crippen LogP contribution in [-0.2, 0) is 6.54 Å². The second kappa shape index (κ2) is 11.1. The number of nitrogens with zero attached hydrogens (tertiary/aromatic N) is 2. The van der Waals surface area contributed by atoms with Gasteiger partial charge in [0.05, 0.1) is 13.2 Å². The van der Waals surface area contributed by atoms with Crippen LogP contribution in [0.15, 0.2) is 29.1 Å². The Labute approximate surface area is 196 Å².